The first-order valence-corrected chi connectivity index (χ1v) is 5.96. The molecular weight excluding hydrogens is 221 g/mol. The molecule has 1 aliphatic heterocycles. The lowest BCUT2D eigenvalue weighted by Gasteiger charge is -2.32. The van der Waals surface area contributed by atoms with Gasteiger partial charge < -0.3 is 15.2 Å². The standard InChI is InChI=1S/C13H18FNO2/c14-11-2-4-12(5-3-11)15-13(10-16)6-1-8-17-9-7-13/h2-5,15-16H,1,6-10H2. The third-order valence-corrected chi connectivity index (χ3v) is 3.23. The van der Waals surface area contributed by atoms with E-state index in [0.29, 0.717) is 6.61 Å². The Balaban J connectivity index is 2.09. The van der Waals surface area contributed by atoms with Gasteiger partial charge in [-0.1, -0.05) is 0 Å². The molecule has 2 rings (SSSR count). The van der Waals surface area contributed by atoms with Crippen molar-refractivity contribution in [1.29, 1.82) is 0 Å². The number of aliphatic hydroxyl groups is 1. The van der Waals surface area contributed by atoms with E-state index in [1.807, 2.05) is 0 Å². The lowest BCUT2D eigenvalue weighted by Crippen LogP contribution is -2.42. The molecule has 1 aliphatic rings. The SMILES string of the molecule is OCC1(Nc2ccc(F)cc2)CCCOCC1. The molecule has 1 atom stereocenters. The van der Waals surface area contributed by atoms with E-state index in [4.69, 9.17) is 4.74 Å². The minimum Gasteiger partial charge on any atom is -0.394 e. The molecular formula is C13H18FNO2. The zero-order valence-corrected chi connectivity index (χ0v) is 9.79. The van der Waals surface area contributed by atoms with Crippen LogP contribution in [-0.4, -0.2) is 30.5 Å². The second-order valence-corrected chi connectivity index (χ2v) is 4.54. The number of aliphatic hydroxyl groups excluding tert-OH is 1. The van der Waals surface area contributed by atoms with Crippen molar-refractivity contribution in [1.82, 2.24) is 0 Å². The fourth-order valence-corrected chi connectivity index (χ4v) is 2.17. The van der Waals surface area contributed by atoms with E-state index >= 15 is 0 Å². The number of ether oxygens (including phenoxy) is 1. The minimum absolute atomic E-state index is 0.0632. The van der Waals surface area contributed by atoms with Gasteiger partial charge in [0, 0.05) is 18.9 Å². The zero-order chi connectivity index (χ0) is 12.1. The molecule has 0 aromatic heterocycles. The summed E-state index contributed by atoms with van der Waals surface area (Å²) in [6.45, 7) is 1.45. The topological polar surface area (TPSA) is 41.5 Å². The molecule has 1 aromatic carbocycles. The van der Waals surface area contributed by atoms with Gasteiger partial charge in [-0.3, -0.25) is 0 Å². The van der Waals surface area contributed by atoms with E-state index in [1.165, 1.54) is 12.1 Å². The first kappa shape index (κ1) is 12.3. The Morgan fingerprint density at radius 3 is 2.71 bits per heavy atom. The molecule has 1 heterocycles. The molecule has 1 fully saturated rings. The van der Waals surface area contributed by atoms with Gasteiger partial charge >= 0.3 is 0 Å². The lowest BCUT2D eigenvalue weighted by molar-refractivity contribution is 0.132. The van der Waals surface area contributed by atoms with Crippen LogP contribution in [0.4, 0.5) is 10.1 Å². The second-order valence-electron chi connectivity index (χ2n) is 4.54. The normalized spacial score (nSPS) is 25.3. The van der Waals surface area contributed by atoms with Gasteiger partial charge in [0.2, 0.25) is 0 Å². The van der Waals surface area contributed by atoms with Crippen LogP contribution in [0.5, 0.6) is 0 Å². The van der Waals surface area contributed by atoms with Crippen molar-refractivity contribution >= 4 is 5.69 Å². The number of anilines is 1. The molecule has 94 valence electrons. The van der Waals surface area contributed by atoms with E-state index in [9.17, 15) is 9.50 Å². The number of benzene rings is 1. The maximum absolute atomic E-state index is 12.8. The van der Waals surface area contributed by atoms with Crippen LogP contribution in [-0.2, 0) is 4.74 Å². The molecule has 3 nitrogen and oxygen atoms in total. The Kier molecular flexibility index (Phi) is 3.97. The number of halogens is 1. The Morgan fingerprint density at radius 2 is 2.00 bits per heavy atom. The molecule has 1 unspecified atom stereocenters. The molecule has 1 aromatic rings. The van der Waals surface area contributed by atoms with Crippen LogP contribution >= 0.6 is 0 Å². The summed E-state index contributed by atoms with van der Waals surface area (Å²) in [6, 6.07) is 6.22. The predicted molar refractivity (Wildman–Crippen MR) is 64.5 cm³/mol. The van der Waals surface area contributed by atoms with Crippen LogP contribution in [0.1, 0.15) is 19.3 Å². The van der Waals surface area contributed by atoms with E-state index in [1.54, 1.807) is 12.1 Å². The average Bonchev–Trinajstić information content (AvgIpc) is 2.58. The van der Waals surface area contributed by atoms with Gasteiger partial charge in [0.15, 0.2) is 0 Å². The van der Waals surface area contributed by atoms with Gasteiger partial charge in [0.1, 0.15) is 5.82 Å². The summed E-state index contributed by atoms with van der Waals surface area (Å²) in [5.74, 6) is -0.252. The van der Waals surface area contributed by atoms with Gasteiger partial charge in [-0.05, 0) is 43.5 Å². The Labute approximate surface area is 101 Å². The van der Waals surface area contributed by atoms with Crippen molar-refractivity contribution in [2.24, 2.45) is 0 Å². The number of hydrogen-bond acceptors (Lipinski definition) is 3. The van der Waals surface area contributed by atoms with Gasteiger partial charge in [-0.15, -0.1) is 0 Å². The average molecular weight is 239 g/mol. The molecule has 0 amide bonds. The van der Waals surface area contributed by atoms with Gasteiger partial charge in [-0.25, -0.2) is 4.39 Å². The molecule has 2 N–H and O–H groups in total. The summed E-state index contributed by atoms with van der Waals surface area (Å²) in [5, 5.41) is 12.9. The summed E-state index contributed by atoms with van der Waals surface area (Å²) in [4.78, 5) is 0. The Bertz CT molecular complexity index is 345. The Morgan fingerprint density at radius 1 is 1.24 bits per heavy atom. The monoisotopic (exact) mass is 239 g/mol. The van der Waals surface area contributed by atoms with E-state index in [0.717, 1.165) is 31.6 Å². The molecule has 17 heavy (non-hydrogen) atoms. The molecule has 0 aliphatic carbocycles. The van der Waals surface area contributed by atoms with E-state index in [-0.39, 0.29) is 18.0 Å². The van der Waals surface area contributed by atoms with Crippen LogP contribution in [0.15, 0.2) is 24.3 Å². The summed E-state index contributed by atoms with van der Waals surface area (Å²) in [5.41, 5.74) is 0.497. The summed E-state index contributed by atoms with van der Waals surface area (Å²) in [6.07, 6.45) is 2.55. The van der Waals surface area contributed by atoms with Gasteiger partial charge in [0.25, 0.3) is 0 Å². The molecule has 1 saturated heterocycles. The molecule has 0 bridgehead atoms. The van der Waals surface area contributed by atoms with Crippen molar-refractivity contribution in [2.75, 3.05) is 25.1 Å². The minimum atomic E-state index is -0.339. The molecule has 0 spiro atoms. The molecule has 0 radical (unpaired) electrons. The maximum atomic E-state index is 12.8. The fraction of sp³-hybridized carbons (Fsp3) is 0.538. The number of nitrogens with one attached hydrogen (secondary N) is 1. The van der Waals surface area contributed by atoms with E-state index in [2.05, 4.69) is 5.32 Å². The largest absolute Gasteiger partial charge is 0.394 e. The maximum Gasteiger partial charge on any atom is 0.123 e. The lowest BCUT2D eigenvalue weighted by atomic mass is 9.91. The van der Waals surface area contributed by atoms with Gasteiger partial charge in [-0.2, -0.15) is 0 Å². The third kappa shape index (κ3) is 3.17. The fourth-order valence-electron chi connectivity index (χ4n) is 2.17. The summed E-state index contributed by atoms with van der Waals surface area (Å²) < 4.78 is 18.2. The highest BCUT2D eigenvalue weighted by Gasteiger charge is 2.30. The quantitative estimate of drug-likeness (QED) is 0.849. The van der Waals surface area contributed by atoms with E-state index < -0.39 is 0 Å². The number of hydrogen-bond donors (Lipinski definition) is 2. The molecule has 0 saturated carbocycles. The smallest absolute Gasteiger partial charge is 0.123 e. The van der Waals surface area contributed by atoms with Crippen molar-refractivity contribution in [3.63, 3.8) is 0 Å². The van der Waals surface area contributed by atoms with Crippen LogP contribution in [0.3, 0.4) is 0 Å². The summed E-state index contributed by atoms with van der Waals surface area (Å²) >= 11 is 0. The van der Waals surface area contributed by atoms with Crippen LogP contribution in [0.25, 0.3) is 0 Å². The van der Waals surface area contributed by atoms with Crippen LogP contribution in [0.2, 0.25) is 0 Å². The second kappa shape index (κ2) is 5.47. The zero-order valence-electron chi connectivity index (χ0n) is 9.79. The molecule has 4 heteroatoms. The van der Waals surface area contributed by atoms with Crippen molar-refractivity contribution < 1.29 is 14.2 Å². The van der Waals surface area contributed by atoms with Crippen molar-refractivity contribution in [2.45, 2.75) is 24.8 Å². The highest BCUT2D eigenvalue weighted by Crippen LogP contribution is 2.26. The van der Waals surface area contributed by atoms with Crippen molar-refractivity contribution in [3.05, 3.63) is 30.1 Å². The number of rotatable bonds is 3. The van der Waals surface area contributed by atoms with Crippen LogP contribution in [0, 0.1) is 5.82 Å². The predicted octanol–water partition coefficient (Wildman–Crippen LogP) is 2.17. The first-order valence-electron chi connectivity index (χ1n) is 5.96. The van der Waals surface area contributed by atoms with Crippen molar-refractivity contribution in [3.8, 4) is 0 Å². The first-order chi connectivity index (χ1) is 8.24. The van der Waals surface area contributed by atoms with Crippen LogP contribution < -0.4 is 5.32 Å². The van der Waals surface area contributed by atoms with Gasteiger partial charge in [0.05, 0.1) is 12.1 Å². The highest BCUT2D eigenvalue weighted by molar-refractivity contribution is 5.45. The Hall–Kier alpha value is -1.13. The highest BCUT2D eigenvalue weighted by atomic mass is 19.1. The third-order valence-electron chi connectivity index (χ3n) is 3.23. The summed E-state index contributed by atoms with van der Waals surface area (Å²) in [7, 11) is 0.